The van der Waals surface area contributed by atoms with Crippen LogP contribution in [0.5, 0.6) is 0 Å². The quantitative estimate of drug-likeness (QED) is 0.894. The summed E-state index contributed by atoms with van der Waals surface area (Å²) >= 11 is 0. The summed E-state index contributed by atoms with van der Waals surface area (Å²) < 4.78 is 0. The maximum atomic E-state index is 12.7. The van der Waals surface area contributed by atoms with Crippen molar-refractivity contribution in [3.8, 4) is 0 Å². The summed E-state index contributed by atoms with van der Waals surface area (Å²) in [6, 6.07) is 14.2. The first-order chi connectivity index (χ1) is 11.2. The molecule has 0 saturated carbocycles. The molecule has 1 fully saturated rings. The molecule has 2 heterocycles. The number of amides is 3. The lowest BCUT2D eigenvalue weighted by atomic mass is 10.0. The molecule has 2 N–H and O–H groups in total. The lowest BCUT2D eigenvalue weighted by Gasteiger charge is -2.30. The lowest BCUT2D eigenvalue weighted by molar-refractivity contribution is -0.132. The molecule has 6 heteroatoms. The van der Waals surface area contributed by atoms with Gasteiger partial charge in [-0.3, -0.25) is 9.78 Å². The van der Waals surface area contributed by atoms with Crippen LogP contribution in [0.25, 0.3) is 0 Å². The van der Waals surface area contributed by atoms with Crippen molar-refractivity contribution in [1.29, 1.82) is 0 Å². The Hall–Kier alpha value is -2.89. The molecule has 23 heavy (non-hydrogen) atoms. The summed E-state index contributed by atoms with van der Waals surface area (Å²) in [5.41, 5.74) is 1.76. The number of nitrogens with one attached hydrogen (secondary N) is 2. The summed E-state index contributed by atoms with van der Waals surface area (Å²) in [4.78, 5) is 30.0. The van der Waals surface area contributed by atoms with Gasteiger partial charge in [0.25, 0.3) is 0 Å². The topological polar surface area (TPSA) is 74.3 Å². The van der Waals surface area contributed by atoms with Crippen molar-refractivity contribution in [2.45, 2.75) is 12.1 Å². The minimum Gasteiger partial charge on any atom is -0.336 e. The SMILES string of the molecule is CN(C(=O)[C@H]1CNC(=O)N1)[C@H](c1ccccc1)c1ccccn1. The molecule has 6 nitrogen and oxygen atoms in total. The molecule has 118 valence electrons. The number of urea groups is 1. The Bertz CT molecular complexity index is 651. The minimum absolute atomic E-state index is 0.150. The molecule has 0 aliphatic carbocycles. The van der Waals surface area contributed by atoms with E-state index >= 15 is 0 Å². The van der Waals surface area contributed by atoms with Crippen LogP contribution in [-0.2, 0) is 4.79 Å². The molecule has 1 saturated heterocycles. The molecule has 2 atom stereocenters. The van der Waals surface area contributed by atoms with Crippen molar-refractivity contribution in [2.75, 3.05) is 13.6 Å². The van der Waals surface area contributed by atoms with Gasteiger partial charge in [-0.25, -0.2) is 4.79 Å². The average Bonchev–Trinajstić information content (AvgIpc) is 3.03. The predicted octanol–water partition coefficient (Wildman–Crippen LogP) is 1.31. The van der Waals surface area contributed by atoms with Crippen molar-refractivity contribution in [2.24, 2.45) is 0 Å². The Morgan fingerprint density at radius 1 is 1.22 bits per heavy atom. The van der Waals surface area contributed by atoms with Crippen LogP contribution in [0.15, 0.2) is 54.7 Å². The van der Waals surface area contributed by atoms with Crippen LogP contribution in [0.1, 0.15) is 17.3 Å². The zero-order valence-electron chi connectivity index (χ0n) is 12.8. The summed E-state index contributed by atoms with van der Waals surface area (Å²) in [6.45, 7) is 0.297. The molecule has 0 unspecified atom stereocenters. The Kier molecular flexibility index (Phi) is 4.23. The Labute approximate surface area is 134 Å². The Balaban J connectivity index is 1.92. The fourth-order valence-corrected chi connectivity index (χ4v) is 2.74. The smallest absolute Gasteiger partial charge is 0.315 e. The van der Waals surface area contributed by atoms with Crippen molar-refractivity contribution in [3.63, 3.8) is 0 Å². The molecule has 1 aliphatic heterocycles. The summed E-state index contributed by atoms with van der Waals surface area (Å²) in [5.74, 6) is -0.150. The number of hydrogen-bond donors (Lipinski definition) is 2. The van der Waals surface area contributed by atoms with Gasteiger partial charge in [0.05, 0.1) is 11.7 Å². The normalized spacial score (nSPS) is 18.0. The second-order valence-electron chi connectivity index (χ2n) is 5.42. The minimum atomic E-state index is -0.553. The van der Waals surface area contributed by atoms with Crippen molar-refractivity contribution < 1.29 is 9.59 Å². The van der Waals surface area contributed by atoms with Gasteiger partial charge in [0.15, 0.2) is 0 Å². The highest BCUT2D eigenvalue weighted by atomic mass is 16.2. The number of carbonyl (C=O) groups is 2. The first-order valence-electron chi connectivity index (χ1n) is 7.43. The first-order valence-corrected chi connectivity index (χ1v) is 7.43. The number of pyridine rings is 1. The van der Waals surface area contributed by atoms with E-state index in [0.29, 0.717) is 6.54 Å². The van der Waals surface area contributed by atoms with E-state index in [-0.39, 0.29) is 18.0 Å². The Morgan fingerprint density at radius 3 is 2.57 bits per heavy atom. The molecule has 3 rings (SSSR count). The average molecular weight is 310 g/mol. The standard InChI is InChI=1S/C17H18N4O2/c1-21(16(22)14-11-19-17(23)20-14)15(12-7-3-2-4-8-12)13-9-5-6-10-18-13/h2-10,14-15H,11H2,1H3,(H2,19,20,23)/t14-,15-/m1/s1. The molecule has 0 bridgehead atoms. The molecular formula is C17H18N4O2. The zero-order chi connectivity index (χ0) is 16.2. The number of rotatable bonds is 4. The van der Waals surface area contributed by atoms with Gasteiger partial charge in [0.1, 0.15) is 6.04 Å². The van der Waals surface area contributed by atoms with Gasteiger partial charge in [0.2, 0.25) is 5.91 Å². The van der Waals surface area contributed by atoms with Gasteiger partial charge >= 0.3 is 6.03 Å². The third kappa shape index (κ3) is 3.15. The van der Waals surface area contributed by atoms with E-state index in [1.54, 1.807) is 18.1 Å². The highest BCUT2D eigenvalue weighted by molar-refractivity contribution is 5.90. The van der Waals surface area contributed by atoms with Crippen LogP contribution in [0.3, 0.4) is 0 Å². The van der Waals surface area contributed by atoms with Crippen LogP contribution >= 0.6 is 0 Å². The number of aromatic nitrogens is 1. The van der Waals surface area contributed by atoms with E-state index in [2.05, 4.69) is 15.6 Å². The van der Waals surface area contributed by atoms with Gasteiger partial charge in [-0.05, 0) is 17.7 Å². The number of nitrogens with zero attached hydrogens (tertiary/aromatic N) is 2. The molecule has 1 aromatic carbocycles. The molecule has 3 amide bonds. The predicted molar refractivity (Wildman–Crippen MR) is 85.6 cm³/mol. The Morgan fingerprint density at radius 2 is 1.96 bits per heavy atom. The first kappa shape index (κ1) is 15.0. The summed E-state index contributed by atoms with van der Waals surface area (Å²) in [7, 11) is 1.74. The van der Waals surface area contributed by atoms with E-state index < -0.39 is 6.04 Å². The molecule has 0 spiro atoms. The van der Waals surface area contributed by atoms with Gasteiger partial charge in [-0.1, -0.05) is 36.4 Å². The molecular weight excluding hydrogens is 292 g/mol. The van der Waals surface area contributed by atoms with Crippen LogP contribution in [0.4, 0.5) is 4.79 Å². The number of carbonyl (C=O) groups excluding carboxylic acids is 2. The zero-order valence-corrected chi connectivity index (χ0v) is 12.8. The van der Waals surface area contributed by atoms with Crippen molar-refractivity contribution in [3.05, 3.63) is 66.0 Å². The van der Waals surface area contributed by atoms with Gasteiger partial charge < -0.3 is 15.5 Å². The third-order valence-corrected chi connectivity index (χ3v) is 3.89. The largest absolute Gasteiger partial charge is 0.336 e. The summed E-state index contributed by atoms with van der Waals surface area (Å²) in [6.07, 6.45) is 1.71. The highest BCUT2D eigenvalue weighted by Gasteiger charge is 2.33. The number of hydrogen-bond acceptors (Lipinski definition) is 3. The van der Waals surface area contributed by atoms with E-state index in [0.717, 1.165) is 11.3 Å². The number of likely N-dealkylation sites (N-methyl/N-ethyl adjacent to an activating group) is 1. The second kappa shape index (κ2) is 6.48. The van der Waals surface area contributed by atoms with Crippen molar-refractivity contribution in [1.82, 2.24) is 20.5 Å². The number of benzene rings is 1. The van der Waals surface area contributed by atoms with Crippen LogP contribution in [-0.4, -0.2) is 41.5 Å². The van der Waals surface area contributed by atoms with E-state index in [1.165, 1.54) is 0 Å². The fraction of sp³-hybridized carbons (Fsp3) is 0.235. The molecule has 1 aromatic heterocycles. The molecule has 2 aromatic rings. The maximum Gasteiger partial charge on any atom is 0.315 e. The third-order valence-electron chi connectivity index (χ3n) is 3.89. The lowest BCUT2D eigenvalue weighted by Crippen LogP contribution is -2.45. The monoisotopic (exact) mass is 310 g/mol. The summed E-state index contributed by atoms with van der Waals surface area (Å²) in [5, 5.41) is 5.24. The van der Waals surface area contributed by atoms with E-state index in [1.807, 2.05) is 48.5 Å². The van der Waals surface area contributed by atoms with Crippen LogP contribution < -0.4 is 10.6 Å². The highest BCUT2D eigenvalue weighted by Crippen LogP contribution is 2.26. The molecule has 1 aliphatic rings. The fourth-order valence-electron chi connectivity index (χ4n) is 2.74. The second-order valence-corrected chi connectivity index (χ2v) is 5.42. The van der Waals surface area contributed by atoms with E-state index in [4.69, 9.17) is 0 Å². The van der Waals surface area contributed by atoms with Gasteiger partial charge in [-0.2, -0.15) is 0 Å². The van der Waals surface area contributed by atoms with Crippen molar-refractivity contribution >= 4 is 11.9 Å². The molecule has 0 radical (unpaired) electrons. The van der Waals surface area contributed by atoms with Crippen LogP contribution in [0, 0.1) is 0 Å². The van der Waals surface area contributed by atoms with E-state index in [9.17, 15) is 9.59 Å². The van der Waals surface area contributed by atoms with Crippen LogP contribution in [0.2, 0.25) is 0 Å². The van der Waals surface area contributed by atoms with Gasteiger partial charge in [-0.15, -0.1) is 0 Å². The van der Waals surface area contributed by atoms with Gasteiger partial charge in [0, 0.05) is 19.8 Å². The maximum absolute atomic E-state index is 12.7.